The molecular weight excluding hydrogens is 974 g/mol. The molecule has 1 aliphatic heterocycles. The SMILES string of the molecule is CC(=O)c1cc2ccc(Br)cc2[nH]1.Clc1nccc(Nc2ccc3c(c2)C=NC3)n1.Fc1cc2[nH]ncc2cc1Nc1ccnc(Cl)n1.O=C(O)c1cc2ccc(Br)cc2s1. The summed E-state index contributed by atoms with van der Waals surface area (Å²) in [5.41, 5.74) is 5.95. The lowest BCUT2D eigenvalue weighted by atomic mass is 10.1. The smallest absolute Gasteiger partial charge is 0.345 e. The maximum absolute atomic E-state index is 13.8. The largest absolute Gasteiger partial charge is 0.477 e. The number of Topliss-reactive ketones (excluding diaryl/α,β-unsaturated/α-hetero) is 1. The van der Waals surface area contributed by atoms with Crippen LogP contribution < -0.4 is 10.6 Å². The number of carbonyl (C=O) groups is 2. The van der Waals surface area contributed by atoms with Gasteiger partial charge >= 0.3 is 5.97 Å². The van der Waals surface area contributed by atoms with Gasteiger partial charge in [-0.3, -0.25) is 14.9 Å². The van der Waals surface area contributed by atoms with E-state index in [1.165, 1.54) is 29.2 Å². The number of hydrogen-bond acceptors (Lipinski definition) is 11. The van der Waals surface area contributed by atoms with E-state index < -0.39 is 11.8 Å². The topological polar surface area (TPSA) is 187 Å². The molecule has 1 aliphatic rings. The minimum Gasteiger partial charge on any atom is -0.477 e. The number of carboxylic acids is 1. The number of aromatic amines is 2. The van der Waals surface area contributed by atoms with Crippen molar-refractivity contribution in [2.24, 2.45) is 4.99 Å². The summed E-state index contributed by atoms with van der Waals surface area (Å²) in [6.45, 7) is 2.33. The van der Waals surface area contributed by atoms with E-state index in [9.17, 15) is 14.0 Å². The van der Waals surface area contributed by atoms with E-state index in [1.54, 1.807) is 43.6 Å². The fourth-order valence-electron chi connectivity index (χ4n) is 5.73. The number of carboxylic acid groups (broad SMARTS) is 1. The van der Waals surface area contributed by atoms with Crippen molar-refractivity contribution in [2.75, 3.05) is 10.6 Å². The van der Waals surface area contributed by atoms with Crippen LogP contribution in [-0.4, -0.2) is 58.2 Å². The van der Waals surface area contributed by atoms with Gasteiger partial charge in [0.1, 0.15) is 22.3 Å². The molecule has 5 aromatic heterocycles. The fourth-order valence-corrected chi connectivity index (χ4v) is 7.84. The lowest BCUT2D eigenvalue weighted by Crippen LogP contribution is -1.97. The number of nitrogens with zero attached hydrogens (tertiary/aromatic N) is 6. The molecule has 9 aromatic rings. The van der Waals surface area contributed by atoms with Crippen molar-refractivity contribution < 1.29 is 19.1 Å². The zero-order valence-corrected chi connectivity index (χ0v) is 36.9. The molecular formula is C42H29Br2Cl2FN10O3S. The van der Waals surface area contributed by atoms with Crippen LogP contribution in [0.5, 0.6) is 0 Å². The molecule has 306 valence electrons. The maximum Gasteiger partial charge on any atom is 0.345 e. The van der Waals surface area contributed by atoms with Crippen LogP contribution in [-0.2, 0) is 6.54 Å². The van der Waals surface area contributed by atoms with E-state index in [-0.39, 0.29) is 16.4 Å². The van der Waals surface area contributed by atoms with Crippen LogP contribution in [0.3, 0.4) is 0 Å². The zero-order chi connectivity index (χ0) is 43.0. The molecule has 0 radical (unpaired) electrons. The Morgan fingerprint density at radius 1 is 0.803 bits per heavy atom. The van der Waals surface area contributed by atoms with Crippen LogP contribution >= 0.6 is 66.4 Å². The quantitative estimate of drug-likeness (QED) is 0.0792. The molecule has 0 atom stereocenters. The predicted octanol–water partition coefficient (Wildman–Crippen LogP) is 12.2. The fraction of sp³-hybridized carbons (Fsp3) is 0.0476. The second kappa shape index (κ2) is 19.5. The Kier molecular flexibility index (Phi) is 13.8. The zero-order valence-electron chi connectivity index (χ0n) is 31.4. The summed E-state index contributed by atoms with van der Waals surface area (Å²) in [4.78, 5) is 44.9. The van der Waals surface area contributed by atoms with Crippen LogP contribution in [0.4, 0.5) is 27.4 Å². The van der Waals surface area contributed by atoms with Gasteiger partial charge in [0.15, 0.2) is 5.78 Å². The minimum atomic E-state index is -0.864. The average Bonchev–Trinajstić information content (AvgIpc) is 4.05. The molecule has 0 unspecified atom stereocenters. The third kappa shape index (κ3) is 11.4. The van der Waals surface area contributed by atoms with Crippen molar-refractivity contribution in [1.29, 1.82) is 0 Å². The Labute approximate surface area is 376 Å². The van der Waals surface area contributed by atoms with Crippen LogP contribution in [0.1, 0.15) is 38.2 Å². The Bertz CT molecular complexity index is 3000. The number of fused-ring (bicyclic) bond motifs is 4. The van der Waals surface area contributed by atoms with Crippen molar-refractivity contribution in [3.63, 3.8) is 0 Å². The van der Waals surface area contributed by atoms with Crippen LogP contribution in [0.15, 0.2) is 124 Å². The standard InChI is InChI=1S/C12H9ClN4.C11H7ClFN5.C10H8BrNO.C9H5BrO2S/c13-12-15-4-3-11(17-12)16-10-2-1-8-6-14-7-9(8)5-10;12-11-14-2-1-10(17-11)16-9-3-6-5-15-18-8(6)4-7(9)13;1-6(13)9-4-7-2-3-8(11)5-10(7)12-9;10-6-2-1-5-3-8(9(11)12)13-7(5)4-6/h1-5,7H,6H2,(H,15,16,17);1-5H,(H,15,18)(H,14,16,17);2-5,12H,1H3;1-4H,(H,11,12). The van der Waals surface area contributed by atoms with E-state index in [1.807, 2.05) is 60.8 Å². The first kappa shape index (κ1) is 43.0. The summed E-state index contributed by atoms with van der Waals surface area (Å²) in [5.74, 6) is -0.0947. The molecule has 19 heteroatoms. The first-order valence-corrected chi connectivity index (χ1v) is 21.0. The van der Waals surface area contributed by atoms with Crippen molar-refractivity contribution in [1.82, 2.24) is 35.1 Å². The van der Waals surface area contributed by atoms with Crippen molar-refractivity contribution >= 4 is 139 Å². The molecule has 10 rings (SSSR count). The number of anilines is 4. The number of H-pyrrole nitrogens is 2. The molecule has 0 fully saturated rings. The number of nitrogens with one attached hydrogen (secondary N) is 4. The molecule has 0 spiro atoms. The average molecular weight is 1000 g/mol. The molecule has 0 saturated carbocycles. The van der Waals surface area contributed by atoms with Gasteiger partial charge in [-0.15, -0.1) is 11.3 Å². The number of ketones is 1. The molecule has 0 amide bonds. The molecule has 4 aromatic carbocycles. The lowest BCUT2D eigenvalue weighted by molar-refractivity contribution is 0.0702. The van der Waals surface area contributed by atoms with Gasteiger partial charge in [-0.25, -0.2) is 29.1 Å². The van der Waals surface area contributed by atoms with Crippen LogP contribution in [0.25, 0.3) is 31.9 Å². The van der Waals surface area contributed by atoms with Crippen LogP contribution in [0, 0.1) is 5.82 Å². The Balaban J connectivity index is 0.000000124. The van der Waals surface area contributed by atoms with E-state index >= 15 is 0 Å². The molecule has 0 bridgehead atoms. The maximum atomic E-state index is 13.8. The number of thiophene rings is 1. The third-order valence-electron chi connectivity index (χ3n) is 8.61. The minimum absolute atomic E-state index is 0.0623. The summed E-state index contributed by atoms with van der Waals surface area (Å²) in [5, 5.41) is 24.5. The van der Waals surface area contributed by atoms with E-state index in [0.717, 1.165) is 53.1 Å². The van der Waals surface area contributed by atoms with Gasteiger partial charge in [0.2, 0.25) is 10.6 Å². The number of benzene rings is 4. The molecule has 13 nitrogen and oxygen atoms in total. The van der Waals surface area contributed by atoms with Gasteiger partial charge in [-0.1, -0.05) is 50.1 Å². The second-order valence-corrected chi connectivity index (χ2v) is 16.5. The number of aromatic nitrogens is 7. The van der Waals surface area contributed by atoms with Gasteiger partial charge in [0.25, 0.3) is 0 Å². The Morgan fingerprint density at radius 2 is 1.51 bits per heavy atom. The third-order valence-corrected chi connectivity index (χ3v) is 11.0. The molecule has 6 heterocycles. The second-order valence-electron chi connectivity index (χ2n) is 12.9. The predicted molar refractivity (Wildman–Crippen MR) is 247 cm³/mol. The van der Waals surface area contributed by atoms with E-state index in [0.29, 0.717) is 33.4 Å². The number of rotatable bonds is 6. The van der Waals surface area contributed by atoms with Crippen molar-refractivity contribution in [2.45, 2.75) is 13.5 Å². The highest BCUT2D eigenvalue weighted by molar-refractivity contribution is 9.10. The number of hydrogen-bond donors (Lipinski definition) is 5. The summed E-state index contributed by atoms with van der Waals surface area (Å²) in [7, 11) is 0. The van der Waals surface area contributed by atoms with E-state index in [2.05, 4.69) is 88.7 Å². The molecule has 0 aliphatic carbocycles. The van der Waals surface area contributed by atoms with Crippen LogP contribution in [0.2, 0.25) is 10.6 Å². The summed E-state index contributed by atoms with van der Waals surface area (Å²) in [6, 6.07) is 27.7. The Hall–Kier alpha value is -6.11. The van der Waals surface area contributed by atoms with Gasteiger partial charge in [0.05, 0.1) is 29.6 Å². The number of carbonyl (C=O) groups excluding carboxylic acids is 1. The van der Waals surface area contributed by atoms with E-state index in [4.69, 9.17) is 28.3 Å². The number of halogens is 5. The normalized spacial score (nSPS) is 11.2. The van der Waals surface area contributed by atoms with Gasteiger partial charge < -0.3 is 20.7 Å². The van der Waals surface area contributed by atoms with Gasteiger partial charge in [-0.05, 0) is 106 Å². The van der Waals surface area contributed by atoms with Crippen molar-refractivity contribution in [3.05, 3.63) is 157 Å². The first-order valence-electron chi connectivity index (χ1n) is 17.8. The van der Waals surface area contributed by atoms with Gasteiger partial charge in [-0.2, -0.15) is 5.10 Å². The van der Waals surface area contributed by atoms with Gasteiger partial charge in [0, 0.05) is 67.2 Å². The molecule has 61 heavy (non-hydrogen) atoms. The van der Waals surface area contributed by atoms with Crippen molar-refractivity contribution in [3.8, 4) is 0 Å². The highest BCUT2D eigenvalue weighted by Gasteiger charge is 2.10. The molecule has 0 saturated heterocycles. The summed E-state index contributed by atoms with van der Waals surface area (Å²) < 4.78 is 16.8. The first-order chi connectivity index (χ1) is 29.4. The lowest BCUT2D eigenvalue weighted by Gasteiger charge is -2.06. The number of aromatic carboxylic acids is 1. The summed E-state index contributed by atoms with van der Waals surface area (Å²) >= 11 is 19.4. The highest BCUT2D eigenvalue weighted by atomic mass is 79.9. The monoisotopic (exact) mass is 1000 g/mol. The Morgan fingerprint density at radius 3 is 2.21 bits per heavy atom. The molecule has 5 N–H and O–H groups in total. The number of aliphatic imine (C=N–C) groups is 1. The summed E-state index contributed by atoms with van der Waals surface area (Å²) in [6.07, 6.45) is 6.61. The highest BCUT2D eigenvalue weighted by Crippen LogP contribution is 2.29.